The molecule has 1 fully saturated rings. The monoisotopic (exact) mass is 387 g/mol. The fourth-order valence-corrected chi connectivity index (χ4v) is 3.47. The van der Waals surface area contributed by atoms with Crippen molar-refractivity contribution in [3.63, 3.8) is 0 Å². The number of ether oxygens (including phenoxy) is 1. The SMILES string of the molecule is c1cc(CNc2nc(-c3ccc(N4CCOCC4)cc3)cc3nccnc23)[nH]n1. The van der Waals surface area contributed by atoms with Gasteiger partial charge in [0.15, 0.2) is 5.82 Å². The summed E-state index contributed by atoms with van der Waals surface area (Å²) in [5.74, 6) is 0.706. The fraction of sp³-hybridized carbons (Fsp3) is 0.238. The van der Waals surface area contributed by atoms with Gasteiger partial charge in [0.2, 0.25) is 0 Å². The summed E-state index contributed by atoms with van der Waals surface area (Å²) in [6.45, 7) is 3.98. The Balaban J connectivity index is 1.46. The standard InChI is InChI=1S/C21H21N7O/c1-3-17(28-9-11-29-12-10-28)4-2-15(1)18-13-19-20(23-8-7-22-19)21(26-18)24-14-16-5-6-25-27-16/h1-8,13H,9-12,14H2,(H,24,26)(H,25,27). The summed E-state index contributed by atoms with van der Waals surface area (Å²) in [5, 5.41) is 10.3. The number of hydrogen-bond acceptors (Lipinski definition) is 7. The number of morpholine rings is 1. The molecule has 0 aliphatic carbocycles. The molecule has 3 aromatic heterocycles. The number of aromatic amines is 1. The normalized spacial score (nSPS) is 14.3. The summed E-state index contributed by atoms with van der Waals surface area (Å²) in [5.41, 5.74) is 5.64. The number of rotatable bonds is 5. The molecule has 29 heavy (non-hydrogen) atoms. The van der Waals surface area contributed by atoms with Crippen LogP contribution in [0.1, 0.15) is 5.69 Å². The van der Waals surface area contributed by atoms with Crippen LogP contribution in [0.15, 0.2) is 55.0 Å². The Morgan fingerprint density at radius 3 is 2.62 bits per heavy atom. The molecular weight excluding hydrogens is 366 g/mol. The average Bonchev–Trinajstić information content (AvgIpc) is 3.32. The molecule has 1 aliphatic heterocycles. The van der Waals surface area contributed by atoms with Crippen LogP contribution in [0.25, 0.3) is 22.3 Å². The Kier molecular flexibility index (Phi) is 4.75. The highest BCUT2D eigenvalue weighted by Crippen LogP contribution is 2.27. The number of fused-ring (bicyclic) bond motifs is 1. The van der Waals surface area contributed by atoms with Crippen LogP contribution < -0.4 is 10.2 Å². The molecule has 1 aromatic carbocycles. The number of pyridine rings is 1. The van der Waals surface area contributed by atoms with Crippen molar-refractivity contribution in [2.75, 3.05) is 36.5 Å². The zero-order valence-corrected chi connectivity index (χ0v) is 15.9. The Morgan fingerprint density at radius 2 is 1.83 bits per heavy atom. The van der Waals surface area contributed by atoms with E-state index in [1.807, 2.05) is 12.1 Å². The third-order valence-corrected chi connectivity index (χ3v) is 5.00. The smallest absolute Gasteiger partial charge is 0.155 e. The highest BCUT2D eigenvalue weighted by atomic mass is 16.5. The van der Waals surface area contributed by atoms with E-state index in [1.54, 1.807) is 18.6 Å². The second-order valence-corrected chi connectivity index (χ2v) is 6.86. The van der Waals surface area contributed by atoms with Crippen molar-refractivity contribution in [2.45, 2.75) is 6.54 Å². The van der Waals surface area contributed by atoms with E-state index in [4.69, 9.17) is 9.72 Å². The van der Waals surface area contributed by atoms with Crippen molar-refractivity contribution >= 4 is 22.5 Å². The molecule has 4 heterocycles. The molecule has 0 radical (unpaired) electrons. The minimum Gasteiger partial charge on any atom is -0.378 e. The molecule has 146 valence electrons. The molecule has 0 bridgehead atoms. The summed E-state index contributed by atoms with van der Waals surface area (Å²) >= 11 is 0. The largest absolute Gasteiger partial charge is 0.378 e. The third kappa shape index (κ3) is 3.74. The van der Waals surface area contributed by atoms with Crippen molar-refractivity contribution < 1.29 is 4.74 Å². The zero-order valence-electron chi connectivity index (χ0n) is 15.9. The van der Waals surface area contributed by atoms with Crippen LogP contribution in [-0.2, 0) is 11.3 Å². The van der Waals surface area contributed by atoms with Crippen molar-refractivity contribution in [1.82, 2.24) is 25.1 Å². The highest BCUT2D eigenvalue weighted by molar-refractivity contribution is 5.88. The molecule has 1 saturated heterocycles. The van der Waals surface area contributed by atoms with Gasteiger partial charge in [-0.1, -0.05) is 12.1 Å². The maximum Gasteiger partial charge on any atom is 0.155 e. The number of H-pyrrole nitrogens is 1. The first kappa shape index (κ1) is 17.6. The molecule has 0 atom stereocenters. The van der Waals surface area contributed by atoms with Crippen LogP contribution in [0.3, 0.4) is 0 Å². The van der Waals surface area contributed by atoms with Gasteiger partial charge < -0.3 is 15.0 Å². The minimum absolute atomic E-state index is 0.581. The van der Waals surface area contributed by atoms with Crippen LogP contribution in [0.5, 0.6) is 0 Å². The summed E-state index contributed by atoms with van der Waals surface area (Å²) < 4.78 is 5.44. The molecule has 5 rings (SSSR count). The lowest BCUT2D eigenvalue weighted by atomic mass is 10.1. The molecule has 8 nitrogen and oxygen atoms in total. The lowest BCUT2D eigenvalue weighted by Gasteiger charge is -2.28. The maximum absolute atomic E-state index is 5.44. The van der Waals surface area contributed by atoms with Gasteiger partial charge in [-0.3, -0.25) is 10.1 Å². The van der Waals surface area contributed by atoms with Gasteiger partial charge in [-0.25, -0.2) is 9.97 Å². The second-order valence-electron chi connectivity index (χ2n) is 6.86. The highest BCUT2D eigenvalue weighted by Gasteiger charge is 2.13. The first-order chi connectivity index (χ1) is 14.4. The average molecular weight is 387 g/mol. The minimum atomic E-state index is 0.581. The third-order valence-electron chi connectivity index (χ3n) is 5.00. The van der Waals surface area contributed by atoms with Crippen LogP contribution in [0.2, 0.25) is 0 Å². The van der Waals surface area contributed by atoms with Crippen molar-refractivity contribution in [1.29, 1.82) is 0 Å². The Morgan fingerprint density at radius 1 is 1.00 bits per heavy atom. The van der Waals surface area contributed by atoms with Gasteiger partial charge in [0.25, 0.3) is 0 Å². The maximum atomic E-state index is 5.44. The molecule has 4 aromatic rings. The summed E-state index contributed by atoms with van der Waals surface area (Å²) in [6.07, 6.45) is 5.11. The van der Waals surface area contributed by atoms with E-state index in [0.717, 1.165) is 54.3 Å². The van der Waals surface area contributed by atoms with E-state index in [2.05, 4.69) is 54.6 Å². The van der Waals surface area contributed by atoms with Crippen molar-refractivity contribution in [2.24, 2.45) is 0 Å². The number of nitrogens with zero attached hydrogens (tertiary/aromatic N) is 5. The molecule has 0 unspecified atom stereocenters. The predicted molar refractivity (Wildman–Crippen MR) is 112 cm³/mol. The van der Waals surface area contributed by atoms with E-state index >= 15 is 0 Å². The van der Waals surface area contributed by atoms with Crippen LogP contribution in [0.4, 0.5) is 11.5 Å². The first-order valence-electron chi connectivity index (χ1n) is 9.64. The number of anilines is 2. The number of hydrogen-bond donors (Lipinski definition) is 2. The van der Waals surface area contributed by atoms with Crippen molar-refractivity contribution in [3.05, 3.63) is 60.7 Å². The van der Waals surface area contributed by atoms with Gasteiger partial charge in [-0.2, -0.15) is 5.10 Å². The van der Waals surface area contributed by atoms with E-state index in [1.165, 1.54) is 5.69 Å². The van der Waals surface area contributed by atoms with Gasteiger partial charge in [-0.15, -0.1) is 0 Å². The summed E-state index contributed by atoms with van der Waals surface area (Å²) in [4.78, 5) is 16.1. The number of benzene rings is 1. The van der Waals surface area contributed by atoms with Gasteiger partial charge >= 0.3 is 0 Å². The van der Waals surface area contributed by atoms with Gasteiger partial charge in [0.05, 0.1) is 36.7 Å². The van der Waals surface area contributed by atoms with Gasteiger partial charge in [0.1, 0.15) is 5.52 Å². The van der Waals surface area contributed by atoms with Crippen molar-refractivity contribution in [3.8, 4) is 11.3 Å². The quantitative estimate of drug-likeness (QED) is 0.544. The number of aromatic nitrogens is 5. The van der Waals surface area contributed by atoms with Crippen LogP contribution in [-0.4, -0.2) is 51.5 Å². The summed E-state index contributed by atoms with van der Waals surface area (Å²) in [6, 6.07) is 12.4. The number of nitrogens with one attached hydrogen (secondary N) is 2. The molecule has 0 saturated carbocycles. The molecule has 1 aliphatic rings. The lowest BCUT2D eigenvalue weighted by molar-refractivity contribution is 0.122. The molecule has 0 amide bonds. The van der Waals surface area contributed by atoms with E-state index in [0.29, 0.717) is 12.4 Å². The van der Waals surface area contributed by atoms with E-state index in [9.17, 15) is 0 Å². The van der Waals surface area contributed by atoms with Crippen LogP contribution >= 0.6 is 0 Å². The second kappa shape index (κ2) is 7.84. The fourth-order valence-electron chi connectivity index (χ4n) is 3.47. The molecule has 2 N–H and O–H groups in total. The van der Waals surface area contributed by atoms with Crippen LogP contribution in [0, 0.1) is 0 Å². The van der Waals surface area contributed by atoms with E-state index in [-0.39, 0.29) is 0 Å². The molecule has 8 heteroatoms. The Labute approximate surface area is 168 Å². The lowest BCUT2D eigenvalue weighted by Crippen LogP contribution is -2.36. The predicted octanol–water partition coefficient (Wildman–Crippen LogP) is 2.86. The Hall–Kier alpha value is -3.52. The van der Waals surface area contributed by atoms with Gasteiger partial charge in [-0.05, 0) is 24.3 Å². The Bertz CT molecular complexity index is 1090. The first-order valence-corrected chi connectivity index (χ1v) is 9.64. The molecule has 0 spiro atoms. The molecular formula is C21H21N7O. The topological polar surface area (TPSA) is 91.9 Å². The zero-order chi connectivity index (χ0) is 19.5. The summed E-state index contributed by atoms with van der Waals surface area (Å²) in [7, 11) is 0. The van der Waals surface area contributed by atoms with Gasteiger partial charge in [0, 0.05) is 42.9 Å². The van der Waals surface area contributed by atoms with E-state index < -0.39 is 0 Å².